The van der Waals surface area contributed by atoms with Crippen LogP contribution >= 0.6 is 0 Å². The number of amides is 2. The summed E-state index contributed by atoms with van der Waals surface area (Å²) in [5.74, 6) is -0.198. The minimum Gasteiger partial charge on any atom is -0.349 e. The molecule has 35 heavy (non-hydrogen) atoms. The Morgan fingerprint density at radius 1 is 1.11 bits per heavy atom. The van der Waals surface area contributed by atoms with Gasteiger partial charge in [0.1, 0.15) is 5.82 Å². The number of piperidine rings is 1. The van der Waals surface area contributed by atoms with E-state index in [-0.39, 0.29) is 23.7 Å². The highest BCUT2D eigenvalue weighted by molar-refractivity contribution is 5.74. The van der Waals surface area contributed by atoms with Crippen molar-refractivity contribution < 1.29 is 14.0 Å². The molecule has 3 aliphatic rings. The van der Waals surface area contributed by atoms with Crippen LogP contribution in [0.1, 0.15) is 80.6 Å². The maximum Gasteiger partial charge on any atom is 0.219 e. The Bertz CT molecular complexity index is 1100. The fourth-order valence-corrected chi connectivity index (χ4v) is 6.88. The lowest BCUT2D eigenvalue weighted by molar-refractivity contribution is -0.129. The molecule has 0 radical (unpaired) electrons. The van der Waals surface area contributed by atoms with Crippen LogP contribution in [-0.2, 0) is 22.6 Å². The van der Waals surface area contributed by atoms with E-state index in [1.54, 1.807) is 13.0 Å². The van der Waals surface area contributed by atoms with Crippen LogP contribution < -0.4 is 5.32 Å². The fraction of sp³-hybridized carbons (Fsp3) is 0.571. The Morgan fingerprint density at radius 2 is 1.86 bits per heavy atom. The third-order valence-electron chi connectivity index (χ3n) is 8.38. The summed E-state index contributed by atoms with van der Waals surface area (Å²) in [6, 6.07) is 10.3. The molecule has 7 heteroatoms. The Labute approximate surface area is 207 Å². The molecular formula is C28H37FN4O2. The molecule has 1 aromatic carbocycles. The topological polar surface area (TPSA) is 57.6 Å². The van der Waals surface area contributed by atoms with E-state index in [4.69, 9.17) is 0 Å². The quantitative estimate of drug-likeness (QED) is 0.672. The molecule has 2 aromatic rings. The Kier molecular flexibility index (Phi) is 6.71. The van der Waals surface area contributed by atoms with Crippen LogP contribution in [0.2, 0.25) is 0 Å². The number of aryl methyl sites for hydroxylation is 1. The van der Waals surface area contributed by atoms with Gasteiger partial charge in [0.25, 0.3) is 0 Å². The van der Waals surface area contributed by atoms with E-state index in [2.05, 4.69) is 27.8 Å². The van der Waals surface area contributed by atoms with Crippen LogP contribution in [0.15, 0.2) is 30.3 Å². The fourth-order valence-electron chi connectivity index (χ4n) is 6.88. The monoisotopic (exact) mass is 480 g/mol. The van der Waals surface area contributed by atoms with Crippen molar-refractivity contribution in [2.75, 3.05) is 13.1 Å². The van der Waals surface area contributed by atoms with Crippen LogP contribution in [-0.4, -0.2) is 51.4 Å². The smallest absolute Gasteiger partial charge is 0.219 e. The second-order valence-corrected chi connectivity index (χ2v) is 10.7. The second kappa shape index (κ2) is 9.76. The minimum atomic E-state index is -0.268. The van der Waals surface area contributed by atoms with Gasteiger partial charge in [-0.15, -0.1) is 0 Å². The zero-order valence-corrected chi connectivity index (χ0v) is 21.1. The van der Waals surface area contributed by atoms with E-state index in [0.717, 1.165) is 50.9 Å². The highest BCUT2D eigenvalue weighted by Gasteiger charge is 2.42. The van der Waals surface area contributed by atoms with E-state index in [1.165, 1.54) is 48.8 Å². The van der Waals surface area contributed by atoms with E-state index in [1.807, 2.05) is 11.0 Å². The molecule has 0 spiro atoms. The molecule has 4 heterocycles. The van der Waals surface area contributed by atoms with Crippen molar-refractivity contribution in [1.82, 2.24) is 19.7 Å². The molecule has 6 nitrogen and oxygen atoms in total. The van der Waals surface area contributed by atoms with E-state index < -0.39 is 0 Å². The van der Waals surface area contributed by atoms with Crippen LogP contribution in [0.4, 0.5) is 4.39 Å². The van der Waals surface area contributed by atoms with Crippen molar-refractivity contribution in [2.45, 2.75) is 90.0 Å². The Balaban J connectivity index is 1.27. The summed E-state index contributed by atoms with van der Waals surface area (Å²) in [5, 5.41) is 3.03. The van der Waals surface area contributed by atoms with Gasteiger partial charge in [-0.05, 0) is 68.4 Å². The highest BCUT2D eigenvalue weighted by atomic mass is 19.1. The molecule has 2 saturated heterocycles. The van der Waals surface area contributed by atoms with Crippen molar-refractivity contribution in [2.24, 2.45) is 0 Å². The van der Waals surface area contributed by atoms with Crippen LogP contribution in [0.25, 0.3) is 0 Å². The molecular weight excluding hydrogens is 443 g/mol. The van der Waals surface area contributed by atoms with Gasteiger partial charge in [0.15, 0.2) is 0 Å². The van der Waals surface area contributed by atoms with Gasteiger partial charge in [0.2, 0.25) is 11.8 Å². The molecule has 0 saturated carbocycles. The number of carbonyl (C=O) groups is 2. The van der Waals surface area contributed by atoms with Crippen molar-refractivity contribution in [3.8, 4) is 0 Å². The predicted octanol–water partition coefficient (Wildman–Crippen LogP) is 4.28. The zero-order chi connectivity index (χ0) is 24.7. The highest BCUT2D eigenvalue weighted by Crippen LogP contribution is 2.43. The zero-order valence-electron chi connectivity index (χ0n) is 21.1. The first-order valence-electron chi connectivity index (χ1n) is 13.0. The number of halogens is 1. The predicted molar refractivity (Wildman–Crippen MR) is 133 cm³/mol. The Morgan fingerprint density at radius 3 is 2.51 bits per heavy atom. The molecule has 2 amide bonds. The summed E-state index contributed by atoms with van der Waals surface area (Å²) in [6.07, 6.45) is 6.42. The number of hydrogen-bond donors (Lipinski definition) is 1. The summed E-state index contributed by atoms with van der Waals surface area (Å²) in [7, 11) is 0. The molecule has 1 unspecified atom stereocenters. The van der Waals surface area contributed by atoms with E-state index in [9.17, 15) is 14.0 Å². The summed E-state index contributed by atoms with van der Waals surface area (Å²) in [5.41, 5.74) is 4.88. The van der Waals surface area contributed by atoms with Gasteiger partial charge in [-0.3, -0.25) is 14.5 Å². The van der Waals surface area contributed by atoms with Gasteiger partial charge in [-0.2, -0.15) is 0 Å². The van der Waals surface area contributed by atoms with Gasteiger partial charge in [-0.1, -0.05) is 12.1 Å². The Hall–Kier alpha value is -2.67. The number of nitrogens with zero attached hydrogens (tertiary/aromatic N) is 3. The van der Waals surface area contributed by atoms with Crippen LogP contribution in [0.5, 0.6) is 0 Å². The van der Waals surface area contributed by atoms with Crippen molar-refractivity contribution in [3.63, 3.8) is 0 Å². The SMILES string of the molecule is CC(=O)N[C@@H](CCN1[C@@H]2CC[C@H]1CC(n1c(C)cc3c1CCN(C(C)=O)C3)C2)c1cccc(F)c1. The number of hydrogen-bond acceptors (Lipinski definition) is 3. The van der Waals surface area contributed by atoms with Gasteiger partial charge < -0.3 is 14.8 Å². The molecule has 1 aromatic heterocycles. The lowest BCUT2D eigenvalue weighted by atomic mass is 9.94. The first-order valence-corrected chi connectivity index (χ1v) is 13.0. The average Bonchev–Trinajstić information content (AvgIpc) is 3.26. The summed E-state index contributed by atoms with van der Waals surface area (Å²) < 4.78 is 16.4. The molecule has 4 atom stereocenters. The normalized spacial score (nSPS) is 24.8. The number of benzene rings is 1. The van der Waals surface area contributed by atoms with E-state index in [0.29, 0.717) is 18.1 Å². The van der Waals surface area contributed by atoms with Gasteiger partial charge >= 0.3 is 0 Å². The first-order chi connectivity index (χ1) is 16.8. The number of carbonyl (C=O) groups excluding carboxylic acids is 2. The van der Waals surface area contributed by atoms with Gasteiger partial charge in [-0.25, -0.2) is 4.39 Å². The molecule has 0 aliphatic carbocycles. The molecule has 3 aliphatic heterocycles. The maximum absolute atomic E-state index is 13.8. The molecule has 2 fully saturated rings. The average molecular weight is 481 g/mol. The second-order valence-electron chi connectivity index (χ2n) is 10.7. The maximum atomic E-state index is 13.8. The van der Waals surface area contributed by atoms with Gasteiger partial charge in [0.05, 0.1) is 6.04 Å². The van der Waals surface area contributed by atoms with E-state index >= 15 is 0 Å². The van der Waals surface area contributed by atoms with Crippen molar-refractivity contribution >= 4 is 11.8 Å². The van der Waals surface area contributed by atoms with Crippen LogP contribution in [0, 0.1) is 12.7 Å². The summed E-state index contributed by atoms with van der Waals surface area (Å²) in [4.78, 5) is 28.3. The summed E-state index contributed by atoms with van der Waals surface area (Å²) in [6.45, 7) is 7.84. The lowest BCUT2D eigenvalue weighted by Crippen LogP contribution is -2.45. The third-order valence-corrected chi connectivity index (χ3v) is 8.38. The number of aromatic nitrogens is 1. The minimum absolute atomic E-state index is 0.0860. The standard InChI is InChI=1S/C28H37FN4O2/c1-18-13-22-17-31(20(3)35)11-10-28(22)33(18)26-15-24-7-8-25(16-26)32(24)12-9-27(30-19(2)34)21-5-4-6-23(29)14-21/h4-6,13-14,24-27H,7-12,15-17H2,1-3H3,(H,30,34)/t24-,25+,26?,27-/m0/s1. The summed E-state index contributed by atoms with van der Waals surface area (Å²) >= 11 is 0. The number of nitrogens with one attached hydrogen (secondary N) is 1. The van der Waals surface area contributed by atoms with Crippen LogP contribution in [0.3, 0.4) is 0 Å². The number of rotatable bonds is 6. The van der Waals surface area contributed by atoms with Crippen molar-refractivity contribution in [3.05, 3.63) is 58.7 Å². The molecule has 5 rings (SSSR count). The third kappa shape index (κ3) is 4.88. The van der Waals surface area contributed by atoms with Gasteiger partial charge in [0, 0.05) is 69.4 Å². The lowest BCUT2D eigenvalue weighted by Gasteiger charge is -2.41. The number of fused-ring (bicyclic) bond motifs is 3. The molecule has 2 bridgehead atoms. The molecule has 188 valence electrons. The first kappa shape index (κ1) is 24.0. The molecule has 1 N–H and O–H groups in total. The van der Waals surface area contributed by atoms with Crippen molar-refractivity contribution in [1.29, 1.82) is 0 Å². The largest absolute Gasteiger partial charge is 0.349 e.